The third kappa shape index (κ3) is 8.06. The molecule has 3 rings (SSSR count). The molecule has 2 aromatic rings. The Bertz CT molecular complexity index is 948. The van der Waals surface area contributed by atoms with Crippen LogP contribution in [0.1, 0.15) is 38.3 Å². The molecule has 0 aliphatic carbocycles. The van der Waals surface area contributed by atoms with Crippen molar-refractivity contribution in [2.24, 2.45) is 0 Å². The molecular weight excluding hydrogens is 446 g/mol. The van der Waals surface area contributed by atoms with Gasteiger partial charge in [-0.1, -0.05) is 60.7 Å². The highest BCUT2D eigenvalue weighted by Gasteiger charge is 2.41. The highest BCUT2D eigenvalue weighted by molar-refractivity contribution is 5.82. The molecule has 1 aliphatic rings. The standard InChI is InChI=1S/C27H37N3O5/c1-27(2,3)30-17-21(31)15-23(30)25(33)28-16-24(32)22(14-19-10-6-4-7-11-19)29-26(34)35-18-20-12-8-5-9-13-20/h4-13,21-24,31-32H,14-18H2,1-3H3,(H,28,33)(H,29,34)/t21-,22-,23-,24+/m0/s1. The molecule has 2 aromatic carbocycles. The number of nitrogens with zero attached hydrogens (tertiary/aromatic N) is 1. The molecule has 1 fully saturated rings. The normalized spacial score (nSPS) is 20.1. The van der Waals surface area contributed by atoms with E-state index in [2.05, 4.69) is 10.6 Å². The molecular formula is C27H37N3O5. The van der Waals surface area contributed by atoms with Crippen molar-refractivity contribution >= 4 is 12.0 Å². The average Bonchev–Trinajstić information content (AvgIpc) is 3.24. The lowest BCUT2D eigenvalue weighted by atomic mass is 10.0. The van der Waals surface area contributed by atoms with Gasteiger partial charge in [-0.3, -0.25) is 9.69 Å². The molecule has 8 heteroatoms. The van der Waals surface area contributed by atoms with Crippen molar-refractivity contribution in [3.8, 4) is 0 Å². The molecule has 0 aromatic heterocycles. The van der Waals surface area contributed by atoms with E-state index in [-0.39, 0.29) is 24.6 Å². The van der Waals surface area contributed by atoms with Crippen molar-refractivity contribution < 1.29 is 24.5 Å². The van der Waals surface area contributed by atoms with E-state index in [1.54, 1.807) is 0 Å². The molecule has 2 amide bonds. The molecule has 1 saturated heterocycles. The van der Waals surface area contributed by atoms with E-state index < -0.39 is 30.4 Å². The molecule has 0 radical (unpaired) electrons. The molecule has 4 atom stereocenters. The zero-order valence-corrected chi connectivity index (χ0v) is 20.7. The molecule has 8 nitrogen and oxygen atoms in total. The van der Waals surface area contributed by atoms with Crippen LogP contribution < -0.4 is 10.6 Å². The van der Waals surface area contributed by atoms with Gasteiger partial charge in [0, 0.05) is 18.6 Å². The van der Waals surface area contributed by atoms with Crippen LogP contribution >= 0.6 is 0 Å². The molecule has 1 aliphatic heterocycles. The monoisotopic (exact) mass is 483 g/mol. The number of ether oxygens (including phenoxy) is 1. The Morgan fingerprint density at radius 3 is 2.26 bits per heavy atom. The number of hydrogen-bond acceptors (Lipinski definition) is 6. The highest BCUT2D eigenvalue weighted by Crippen LogP contribution is 2.26. The Kier molecular flexibility index (Phi) is 9.26. The Hall–Kier alpha value is -2.94. The number of nitrogens with one attached hydrogen (secondary N) is 2. The number of benzene rings is 2. The van der Waals surface area contributed by atoms with Crippen LogP contribution in [0, 0.1) is 0 Å². The first-order chi connectivity index (χ1) is 16.6. The third-order valence-electron chi connectivity index (χ3n) is 6.21. The van der Waals surface area contributed by atoms with Crippen molar-refractivity contribution in [1.29, 1.82) is 0 Å². The number of alkyl carbamates (subject to hydrolysis) is 1. The summed E-state index contributed by atoms with van der Waals surface area (Å²) < 4.78 is 5.33. The van der Waals surface area contributed by atoms with E-state index in [0.717, 1.165) is 11.1 Å². The Morgan fingerprint density at radius 1 is 1.06 bits per heavy atom. The van der Waals surface area contributed by atoms with Crippen LogP contribution in [0.15, 0.2) is 60.7 Å². The largest absolute Gasteiger partial charge is 0.445 e. The Morgan fingerprint density at radius 2 is 1.66 bits per heavy atom. The second-order valence-corrected chi connectivity index (χ2v) is 10.0. The fourth-order valence-corrected chi connectivity index (χ4v) is 4.34. The quantitative estimate of drug-likeness (QED) is 0.435. The van der Waals surface area contributed by atoms with Crippen LogP contribution in [0.3, 0.4) is 0 Å². The Labute approximate surface area is 207 Å². The molecule has 4 N–H and O–H groups in total. The van der Waals surface area contributed by atoms with E-state index >= 15 is 0 Å². The number of β-amino-alcohol motifs (C(OH)–C–C–N with tert-alkyl or cyclic N) is 1. The average molecular weight is 484 g/mol. The number of amides is 2. The third-order valence-corrected chi connectivity index (χ3v) is 6.21. The summed E-state index contributed by atoms with van der Waals surface area (Å²) in [7, 11) is 0. The van der Waals surface area contributed by atoms with Crippen molar-refractivity contribution in [1.82, 2.24) is 15.5 Å². The number of hydrogen-bond donors (Lipinski definition) is 4. The van der Waals surface area contributed by atoms with Gasteiger partial charge in [-0.05, 0) is 44.7 Å². The van der Waals surface area contributed by atoms with Gasteiger partial charge in [0.2, 0.25) is 5.91 Å². The zero-order valence-electron chi connectivity index (χ0n) is 20.7. The number of aliphatic hydroxyl groups excluding tert-OH is 2. The predicted molar refractivity (Wildman–Crippen MR) is 134 cm³/mol. The minimum absolute atomic E-state index is 0.0418. The first-order valence-electron chi connectivity index (χ1n) is 12.0. The number of carbonyl (C=O) groups is 2. The number of aliphatic hydroxyl groups is 2. The lowest BCUT2D eigenvalue weighted by molar-refractivity contribution is -0.127. The van der Waals surface area contributed by atoms with Gasteiger partial charge in [-0.15, -0.1) is 0 Å². The van der Waals surface area contributed by atoms with Gasteiger partial charge in [-0.25, -0.2) is 4.79 Å². The van der Waals surface area contributed by atoms with Gasteiger partial charge in [0.15, 0.2) is 0 Å². The summed E-state index contributed by atoms with van der Waals surface area (Å²) in [6.07, 6.45) is -1.54. The van der Waals surface area contributed by atoms with E-state index in [1.807, 2.05) is 86.3 Å². The Balaban J connectivity index is 1.60. The first kappa shape index (κ1) is 26.7. The van der Waals surface area contributed by atoms with Crippen molar-refractivity contribution in [2.75, 3.05) is 13.1 Å². The lowest BCUT2D eigenvalue weighted by Gasteiger charge is -2.36. The van der Waals surface area contributed by atoms with Gasteiger partial charge in [-0.2, -0.15) is 0 Å². The first-order valence-corrected chi connectivity index (χ1v) is 12.0. The molecule has 190 valence electrons. The number of rotatable bonds is 9. The molecule has 1 heterocycles. The summed E-state index contributed by atoms with van der Waals surface area (Å²) >= 11 is 0. The van der Waals surface area contributed by atoms with Crippen molar-refractivity contribution in [3.63, 3.8) is 0 Å². The number of likely N-dealkylation sites (tertiary alicyclic amines) is 1. The molecule has 0 bridgehead atoms. The van der Waals surface area contributed by atoms with Gasteiger partial charge >= 0.3 is 6.09 Å². The van der Waals surface area contributed by atoms with Crippen LogP contribution in [0.4, 0.5) is 4.79 Å². The van der Waals surface area contributed by atoms with Crippen LogP contribution in [0.25, 0.3) is 0 Å². The minimum Gasteiger partial charge on any atom is -0.445 e. The fourth-order valence-electron chi connectivity index (χ4n) is 4.34. The predicted octanol–water partition coefficient (Wildman–Crippen LogP) is 2.23. The maximum atomic E-state index is 12.9. The maximum Gasteiger partial charge on any atom is 0.407 e. The van der Waals surface area contributed by atoms with Crippen LogP contribution in [-0.4, -0.2) is 70.0 Å². The fraction of sp³-hybridized carbons (Fsp3) is 0.481. The smallest absolute Gasteiger partial charge is 0.407 e. The van der Waals surface area contributed by atoms with E-state index in [1.165, 1.54) is 0 Å². The van der Waals surface area contributed by atoms with Crippen molar-refractivity contribution in [2.45, 2.75) is 70.1 Å². The van der Waals surface area contributed by atoms with Crippen LogP contribution in [0.5, 0.6) is 0 Å². The second-order valence-electron chi connectivity index (χ2n) is 10.0. The molecule has 0 saturated carbocycles. The summed E-state index contributed by atoms with van der Waals surface area (Å²) in [6, 6.07) is 17.7. The lowest BCUT2D eigenvalue weighted by Crippen LogP contribution is -2.54. The van der Waals surface area contributed by atoms with Crippen molar-refractivity contribution in [3.05, 3.63) is 71.8 Å². The minimum atomic E-state index is -1.04. The van der Waals surface area contributed by atoms with Gasteiger partial charge in [0.05, 0.1) is 24.3 Å². The topological polar surface area (TPSA) is 111 Å². The van der Waals surface area contributed by atoms with E-state index in [0.29, 0.717) is 19.4 Å². The molecule has 35 heavy (non-hydrogen) atoms. The maximum absolute atomic E-state index is 12.9. The summed E-state index contributed by atoms with van der Waals surface area (Å²) in [6.45, 7) is 6.50. The number of carbonyl (C=O) groups excluding carboxylic acids is 2. The summed E-state index contributed by atoms with van der Waals surface area (Å²) in [4.78, 5) is 27.4. The summed E-state index contributed by atoms with van der Waals surface area (Å²) in [5.41, 5.74) is 1.51. The van der Waals surface area contributed by atoms with Crippen LogP contribution in [-0.2, 0) is 22.6 Å². The van der Waals surface area contributed by atoms with Gasteiger partial charge in [0.1, 0.15) is 6.61 Å². The zero-order chi connectivity index (χ0) is 25.4. The second kappa shape index (κ2) is 12.2. The summed E-state index contributed by atoms with van der Waals surface area (Å²) in [5, 5.41) is 26.6. The SMILES string of the molecule is CC(C)(C)N1C[C@@H](O)C[C@H]1C(=O)NC[C@@H](O)[C@H](Cc1ccccc1)NC(=O)OCc1ccccc1. The molecule has 0 unspecified atom stereocenters. The van der Waals surface area contributed by atoms with E-state index in [9.17, 15) is 19.8 Å². The highest BCUT2D eigenvalue weighted by atomic mass is 16.5. The van der Waals surface area contributed by atoms with Gasteiger partial charge < -0.3 is 25.6 Å². The molecule has 0 spiro atoms. The van der Waals surface area contributed by atoms with Crippen LogP contribution in [0.2, 0.25) is 0 Å². The van der Waals surface area contributed by atoms with E-state index in [4.69, 9.17) is 4.74 Å². The van der Waals surface area contributed by atoms with Gasteiger partial charge in [0.25, 0.3) is 0 Å². The summed E-state index contributed by atoms with van der Waals surface area (Å²) in [5.74, 6) is -0.249.